The number of carbonyl (C=O) groups is 1. The second kappa shape index (κ2) is 4.42. The van der Waals surface area contributed by atoms with E-state index in [0.29, 0.717) is 5.56 Å². The molecule has 0 saturated carbocycles. The van der Waals surface area contributed by atoms with Crippen LogP contribution in [0.4, 0.5) is 13.2 Å². The number of halogens is 3. The highest BCUT2D eigenvalue weighted by Gasteiger charge is 2.31. The maximum absolute atomic E-state index is 11.9. The molecule has 1 rings (SSSR count). The second-order valence-corrected chi connectivity index (χ2v) is 3.24. The van der Waals surface area contributed by atoms with Crippen LogP contribution in [0, 0.1) is 0 Å². The van der Waals surface area contributed by atoms with E-state index in [1.165, 1.54) is 19.1 Å². The summed E-state index contributed by atoms with van der Waals surface area (Å²) in [6.45, 7) is 1.51. The fourth-order valence-electron chi connectivity index (χ4n) is 1.15. The van der Waals surface area contributed by atoms with Crippen molar-refractivity contribution in [1.29, 1.82) is 0 Å². The molecule has 0 radical (unpaired) electrons. The third kappa shape index (κ3) is 3.45. The molecule has 6 heteroatoms. The van der Waals surface area contributed by atoms with E-state index >= 15 is 0 Å². The summed E-state index contributed by atoms with van der Waals surface area (Å²) < 4.78 is 39.5. The van der Waals surface area contributed by atoms with Gasteiger partial charge >= 0.3 is 6.36 Å². The van der Waals surface area contributed by atoms with Gasteiger partial charge < -0.3 is 10.5 Å². The van der Waals surface area contributed by atoms with Crippen molar-refractivity contribution in [2.24, 2.45) is 5.73 Å². The predicted octanol–water partition coefficient (Wildman–Crippen LogP) is 2.17. The molecular weight excluding hydrogens is 223 g/mol. The SMILES string of the molecule is CC(C(N)=O)c1cccc(OC(F)(F)F)c1. The lowest BCUT2D eigenvalue weighted by Crippen LogP contribution is -2.20. The van der Waals surface area contributed by atoms with Gasteiger partial charge in [0.1, 0.15) is 5.75 Å². The van der Waals surface area contributed by atoms with Crippen molar-refractivity contribution in [3.05, 3.63) is 29.8 Å². The lowest BCUT2D eigenvalue weighted by atomic mass is 10.0. The van der Waals surface area contributed by atoms with Crippen LogP contribution in [0.15, 0.2) is 24.3 Å². The number of ether oxygens (including phenoxy) is 1. The molecule has 16 heavy (non-hydrogen) atoms. The highest BCUT2D eigenvalue weighted by molar-refractivity contribution is 5.81. The van der Waals surface area contributed by atoms with Crippen molar-refractivity contribution >= 4 is 5.91 Å². The number of hydrogen-bond donors (Lipinski definition) is 1. The molecule has 0 spiro atoms. The zero-order valence-corrected chi connectivity index (χ0v) is 8.41. The summed E-state index contributed by atoms with van der Waals surface area (Å²) in [5, 5.41) is 0. The standard InChI is InChI=1S/C10H10F3NO2/c1-6(9(14)15)7-3-2-4-8(5-7)16-10(11,12)13/h2-6H,1H3,(H2,14,15). The van der Waals surface area contributed by atoms with Gasteiger partial charge in [0.15, 0.2) is 0 Å². The molecule has 0 aromatic heterocycles. The molecule has 0 aliphatic rings. The van der Waals surface area contributed by atoms with Gasteiger partial charge in [-0.25, -0.2) is 0 Å². The number of carbonyl (C=O) groups excluding carboxylic acids is 1. The van der Waals surface area contributed by atoms with Crippen LogP contribution in [0.25, 0.3) is 0 Å². The van der Waals surface area contributed by atoms with Gasteiger partial charge in [0.2, 0.25) is 5.91 Å². The van der Waals surface area contributed by atoms with E-state index in [4.69, 9.17) is 5.73 Å². The molecule has 1 aromatic carbocycles. The number of amides is 1. The van der Waals surface area contributed by atoms with E-state index in [1.807, 2.05) is 0 Å². The van der Waals surface area contributed by atoms with E-state index in [1.54, 1.807) is 0 Å². The number of benzene rings is 1. The van der Waals surface area contributed by atoms with Crippen molar-refractivity contribution in [3.8, 4) is 5.75 Å². The van der Waals surface area contributed by atoms with Gasteiger partial charge in [0.25, 0.3) is 0 Å². The number of alkyl halides is 3. The summed E-state index contributed by atoms with van der Waals surface area (Å²) >= 11 is 0. The molecule has 0 heterocycles. The van der Waals surface area contributed by atoms with Crippen molar-refractivity contribution in [1.82, 2.24) is 0 Å². The molecule has 3 nitrogen and oxygen atoms in total. The van der Waals surface area contributed by atoms with E-state index < -0.39 is 18.2 Å². The van der Waals surface area contributed by atoms with Crippen molar-refractivity contribution in [3.63, 3.8) is 0 Å². The molecular formula is C10H10F3NO2. The minimum atomic E-state index is -4.74. The quantitative estimate of drug-likeness (QED) is 0.869. The summed E-state index contributed by atoms with van der Waals surface area (Å²) in [6, 6.07) is 5.18. The van der Waals surface area contributed by atoms with E-state index in [9.17, 15) is 18.0 Å². The van der Waals surface area contributed by atoms with E-state index in [-0.39, 0.29) is 5.75 Å². The van der Waals surface area contributed by atoms with Crippen LogP contribution >= 0.6 is 0 Å². The maximum Gasteiger partial charge on any atom is 0.573 e. The van der Waals surface area contributed by atoms with Gasteiger partial charge in [-0.15, -0.1) is 13.2 Å². The van der Waals surface area contributed by atoms with Crippen molar-refractivity contribution in [2.75, 3.05) is 0 Å². The summed E-state index contributed by atoms with van der Waals surface area (Å²) in [6.07, 6.45) is -4.74. The lowest BCUT2D eigenvalue weighted by Gasteiger charge is -2.12. The minimum Gasteiger partial charge on any atom is -0.406 e. The molecule has 0 aliphatic heterocycles. The normalized spacial score (nSPS) is 13.2. The molecule has 1 atom stereocenters. The third-order valence-corrected chi connectivity index (χ3v) is 2.02. The molecule has 0 aliphatic carbocycles. The van der Waals surface area contributed by atoms with Crippen LogP contribution in [0.5, 0.6) is 5.75 Å². The third-order valence-electron chi connectivity index (χ3n) is 2.02. The Morgan fingerprint density at radius 2 is 2.06 bits per heavy atom. The van der Waals surface area contributed by atoms with Crippen LogP contribution < -0.4 is 10.5 Å². The lowest BCUT2D eigenvalue weighted by molar-refractivity contribution is -0.274. The Balaban J connectivity index is 2.91. The molecule has 2 N–H and O–H groups in total. The Kier molecular flexibility index (Phi) is 3.41. The smallest absolute Gasteiger partial charge is 0.406 e. The number of hydrogen-bond acceptors (Lipinski definition) is 2. The molecule has 1 amide bonds. The van der Waals surface area contributed by atoms with Gasteiger partial charge in [-0.1, -0.05) is 12.1 Å². The van der Waals surface area contributed by atoms with Crippen LogP contribution in [0.2, 0.25) is 0 Å². The van der Waals surface area contributed by atoms with Crippen LogP contribution in [-0.2, 0) is 4.79 Å². The van der Waals surface area contributed by atoms with Gasteiger partial charge in [0.05, 0.1) is 5.92 Å². The first-order valence-electron chi connectivity index (χ1n) is 4.44. The monoisotopic (exact) mass is 233 g/mol. The first-order valence-corrected chi connectivity index (χ1v) is 4.44. The molecule has 0 fully saturated rings. The highest BCUT2D eigenvalue weighted by Crippen LogP contribution is 2.25. The van der Waals surface area contributed by atoms with Crippen LogP contribution in [0.1, 0.15) is 18.4 Å². The summed E-state index contributed by atoms with van der Waals surface area (Å²) in [7, 11) is 0. The maximum atomic E-state index is 11.9. The topological polar surface area (TPSA) is 52.3 Å². The zero-order valence-electron chi connectivity index (χ0n) is 8.41. The average Bonchev–Trinajstić information content (AvgIpc) is 2.14. The molecule has 1 aromatic rings. The summed E-state index contributed by atoms with van der Waals surface area (Å²) in [5.74, 6) is -1.63. The van der Waals surface area contributed by atoms with Crippen LogP contribution in [0.3, 0.4) is 0 Å². The Labute approximate surface area is 90.0 Å². The van der Waals surface area contributed by atoms with Crippen molar-refractivity contribution < 1.29 is 22.7 Å². The van der Waals surface area contributed by atoms with E-state index in [2.05, 4.69) is 4.74 Å². The predicted molar refractivity (Wildman–Crippen MR) is 50.7 cm³/mol. The highest BCUT2D eigenvalue weighted by atomic mass is 19.4. The Hall–Kier alpha value is -1.72. The van der Waals surface area contributed by atoms with Gasteiger partial charge in [0, 0.05) is 0 Å². The first kappa shape index (κ1) is 12.4. The van der Waals surface area contributed by atoms with Gasteiger partial charge in [-0.05, 0) is 24.6 Å². The van der Waals surface area contributed by atoms with Gasteiger partial charge in [-0.3, -0.25) is 4.79 Å². The van der Waals surface area contributed by atoms with Gasteiger partial charge in [-0.2, -0.15) is 0 Å². The Morgan fingerprint density at radius 3 is 2.56 bits per heavy atom. The fraction of sp³-hybridized carbons (Fsp3) is 0.300. The molecule has 0 bridgehead atoms. The Bertz CT molecular complexity index is 390. The summed E-state index contributed by atoms with van der Waals surface area (Å²) in [5.41, 5.74) is 5.43. The van der Waals surface area contributed by atoms with Crippen LogP contribution in [-0.4, -0.2) is 12.3 Å². The summed E-state index contributed by atoms with van der Waals surface area (Å²) in [4.78, 5) is 10.9. The number of rotatable bonds is 3. The first-order chi connectivity index (χ1) is 7.29. The molecule has 0 saturated heterocycles. The molecule has 1 unspecified atom stereocenters. The molecule has 88 valence electrons. The average molecular weight is 233 g/mol. The van der Waals surface area contributed by atoms with E-state index in [0.717, 1.165) is 12.1 Å². The fourth-order valence-corrected chi connectivity index (χ4v) is 1.15. The zero-order chi connectivity index (χ0) is 12.3. The minimum absolute atomic E-state index is 0.363. The second-order valence-electron chi connectivity index (χ2n) is 3.24. The number of nitrogens with two attached hydrogens (primary N) is 1. The largest absolute Gasteiger partial charge is 0.573 e. The Morgan fingerprint density at radius 1 is 1.44 bits per heavy atom. The van der Waals surface area contributed by atoms with Crippen molar-refractivity contribution in [2.45, 2.75) is 19.2 Å². The number of primary amides is 1.